The minimum Gasteiger partial charge on any atom is -0.361 e. The van der Waals surface area contributed by atoms with Gasteiger partial charge in [-0.1, -0.05) is 30.3 Å². The molecule has 3 fully saturated rings. The van der Waals surface area contributed by atoms with E-state index in [4.69, 9.17) is 4.99 Å². The molecular formula is C30H33N5O4S. The van der Waals surface area contributed by atoms with Crippen molar-refractivity contribution in [1.29, 1.82) is 0 Å². The van der Waals surface area contributed by atoms with Crippen LogP contribution in [0.1, 0.15) is 31.2 Å². The van der Waals surface area contributed by atoms with Crippen LogP contribution in [-0.4, -0.2) is 89.7 Å². The van der Waals surface area contributed by atoms with Crippen molar-refractivity contribution in [2.24, 2.45) is 16.8 Å². The van der Waals surface area contributed by atoms with Crippen LogP contribution in [0.4, 0.5) is 0 Å². The summed E-state index contributed by atoms with van der Waals surface area (Å²) in [7, 11) is -3.32. The molecule has 0 bridgehead atoms. The number of fused-ring (bicyclic) bond motifs is 1. The first-order valence-corrected chi connectivity index (χ1v) is 15.9. The molecule has 4 heterocycles. The van der Waals surface area contributed by atoms with Gasteiger partial charge in [0.2, 0.25) is 15.9 Å². The average Bonchev–Trinajstić information content (AvgIpc) is 3.61. The fourth-order valence-corrected chi connectivity index (χ4v) is 7.16. The van der Waals surface area contributed by atoms with Crippen LogP contribution in [0.5, 0.6) is 0 Å². The number of aliphatic imine (C=N–C) groups is 1. The number of hydrogen-bond acceptors (Lipinski definition) is 5. The highest BCUT2D eigenvalue weighted by Crippen LogP contribution is 2.38. The first kappa shape index (κ1) is 25.5. The van der Waals surface area contributed by atoms with E-state index in [1.165, 1.54) is 10.6 Å². The fourth-order valence-electron chi connectivity index (χ4n) is 6.32. The topological polar surface area (TPSA) is 106 Å². The van der Waals surface area contributed by atoms with Gasteiger partial charge in [-0.15, -0.1) is 0 Å². The second-order valence-corrected chi connectivity index (χ2v) is 13.8. The molecule has 3 aliphatic heterocycles. The van der Waals surface area contributed by atoms with E-state index >= 15 is 0 Å². The minimum atomic E-state index is -3.32. The molecule has 1 aliphatic carbocycles. The van der Waals surface area contributed by atoms with Crippen molar-refractivity contribution >= 4 is 38.6 Å². The Bertz CT molecular complexity index is 1630. The summed E-state index contributed by atoms with van der Waals surface area (Å²) in [5, 5.41) is 1.15. The van der Waals surface area contributed by atoms with E-state index in [0.29, 0.717) is 38.3 Å². The van der Waals surface area contributed by atoms with Crippen molar-refractivity contribution in [1.82, 2.24) is 19.1 Å². The molecule has 7 rings (SSSR count). The average molecular weight is 560 g/mol. The van der Waals surface area contributed by atoms with Crippen molar-refractivity contribution in [3.8, 4) is 11.1 Å². The van der Waals surface area contributed by atoms with Crippen molar-refractivity contribution < 1.29 is 18.0 Å². The number of nitrogens with one attached hydrogen (secondary N) is 1. The summed E-state index contributed by atoms with van der Waals surface area (Å²) in [6, 6.07) is 16.5. The normalized spacial score (nSPS) is 21.7. The standard InChI is InChI=1S/C30H33N5O4S/c1-40(38,39)34-14-11-30(12-15-34)29(37)35(19-20-17-33(18-20)28(36)23-6-7-23)27(32-30)22-4-2-21(3-5-22)24-8-9-26-25(16-24)10-13-31-26/h2-5,8-10,13,16,20,23,31H,6-7,11-12,14-15,17-19H2,1H3. The maximum absolute atomic E-state index is 14.0. The Labute approximate surface area is 233 Å². The predicted octanol–water partition coefficient (Wildman–Crippen LogP) is 3.09. The molecule has 10 heteroatoms. The van der Waals surface area contributed by atoms with E-state index in [2.05, 4.69) is 41.4 Å². The van der Waals surface area contributed by atoms with Gasteiger partial charge in [-0.05, 0) is 60.4 Å². The number of likely N-dealkylation sites (tertiary alicyclic amines) is 1. The Hall–Kier alpha value is -3.50. The van der Waals surface area contributed by atoms with Crippen LogP contribution >= 0.6 is 0 Å². The number of amidine groups is 1. The Morgan fingerprint density at radius 2 is 1.68 bits per heavy atom. The van der Waals surface area contributed by atoms with E-state index in [9.17, 15) is 18.0 Å². The smallest absolute Gasteiger partial charge is 0.256 e. The quantitative estimate of drug-likeness (QED) is 0.501. The van der Waals surface area contributed by atoms with Crippen LogP contribution in [-0.2, 0) is 19.6 Å². The van der Waals surface area contributed by atoms with Crippen LogP contribution in [0.2, 0.25) is 0 Å². The molecule has 3 aromatic rings. The van der Waals surface area contributed by atoms with Gasteiger partial charge in [0.1, 0.15) is 11.4 Å². The van der Waals surface area contributed by atoms with Crippen molar-refractivity contribution in [2.75, 3.05) is 39.0 Å². The van der Waals surface area contributed by atoms with Crippen molar-refractivity contribution in [3.05, 3.63) is 60.3 Å². The number of piperidine rings is 1. The highest BCUT2D eigenvalue weighted by Gasteiger charge is 2.52. The fraction of sp³-hybridized carbons (Fsp3) is 0.433. The van der Waals surface area contributed by atoms with Crippen molar-refractivity contribution in [3.63, 3.8) is 0 Å². The molecule has 0 atom stereocenters. The highest BCUT2D eigenvalue weighted by atomic mass is 32.2. The molecule has 1 aromatic heterocycles. The third-order valence-electron chi connectivity index (χ3n) is 8.90. The number of sulfonamides is 1. The van der Waals surface area contributed by atoms with Gasteiger partial charge in [0.25, 0.3) is 5.91 Å². The molecule has 40 heavy (non-hydrogen) atoms. The molecule has 2 aromatic carbocycles. The third kappa shape index (κ3) is 4.43. The van der Waals surface area contributed by atoms with Gasteiger partial charge in [-0.25, -0.2) is 12.7 Å². The Balaban J connectivity index is 1.15. The van der Waals surface area contributed by atoms with Crippen molar-refractivity contribution in [2.45, 2.75) is 31.2 Å². The summed E-state index contributed by atoms with van der Waals surface area (Å²) in [5.74, 6) is 1.25. The Morgan fingerprint density at radius 3 is 2.35 bits per heavy atom. The first-order valence-electron chi connectivity index (χ1n) is 14.0. The molecule has 1 N–H and O–H groups in total. The SMILES string of the molecule is CS(=O)(=O)N1CCC2(CC1)N=C(c1ccc(-c3ccc4[nH]ccc4c3)cc1)N(CC1CN(C(=O)C3CC3)C1)C2=O. The lowest BCUT2D eigenvalue weighted by atomic mass is 9.88. The van der Waals surface area contributed by atoms with Gasteiger partial charge in [-0.3, -0.25) is 19.5 Å². The Kier molecular flexibility index (Phi) is 5.90. The van der Waals surface area contributed by atoms with Gasteiger partial charge in [0.15, 0.2) is 0 Å². The van der Waals surface area contributed by atoms with Crippen LogP contribution in [0.15, 0.2) is 59.7 Å². The molecule has 0 radical (unpaired) electrons. The van der Waals surface area contributed by atoms with Crippen LogP contribution in [0.25, 0.3) is 22.0 Å². The molecule has 1 saturated carbocycles. The summed E-state index contributed by atoms with van der Waals surface area (Å²) in [5.41, 5.74) is 3.21. The molecule has 2 saturated heterocycles. The van der Waals surface area contributed by atoms with Crippen LogP contribution < -0.4 is 0 Å². The largest absolute Gasteiger partial charge is 0.361 e. The summed E-state index contributed by atoms with van der Waals surface area (Å²) in [6.07, 6.45) is 5.85. The second-order valence-electron chi connectivity index (χ2n) is 11.8. The van der Waals surface area contributed by atoms with E-state index < -0.39 is 15.6 Å². The highest BCUT2D eigenvalue weighted by molar-refractivity contribution is 7.88. The maximum atomic E-state index is 14.0. The number of carbonyl (C=O) groups is 2. The minimum absolute atomic E-state index is 0.0513. The zero-order chi connectivity index (χ0) is 27.6. The second kappa shape index (κ2) is 9.27. The number of rotatable bonds is 6. The van der Waals surface area contributed by atoms with E-state index in [1.54, 1.807) is 4.90 Å². The first-order chi connectivity index (χ1) is 19.2. The number of amides is 2. The predicted molar refractivity (Wildman–Crippen MR) is 153 cm³/mol. The summed E-state index contributed by atoms with van der Waals surface area (Å²) in [6.45, 7) is 2.41. The molecule has 2 amide bonds. The monoisotopic (exact) mass is 559 g/mol. The lowest BCUT2D eigenvalue weighted by molar-refractivity contribution is -0.140. The molecule has 1 spiro atoms. The summed E-state index contributed by atoms with van der Waals surface area (Å²) in [4.78, 5) is 38.4. The van der Waals surface area contributed by atoms with Gasteiger partial charge in [0, 0.05) is 61.8 Å². The van der Waals surface area contributed by atoms with Gasteiger partial charge >= 0.3 is 0 Å². The zero-order valence-corrected chi connectivity index (χ0v) is 23.4. The van der Waals surface area contributed by atoms with E-state index in [0.717, 1.165) is 40.4 Å². The molecule has 0 unspecified atom stereocenters. The number of carbonyl (C=O) groups excluding carboxylic acids is 2. The number of aromatic nitrogens is 1. The molecule has 9 nitrogen and oxygen atoms in total. The van der Waals surface area contributed by atoms with Crippen LogP contribution in [0, 0.1) is 11.8 Å². The van der Waals surface area contributed by atoms with E-state index in [-0.39, 0.29) is 36.7 Å². The number of hydrogen-bond donors (Lipinski definition) is 1. The summed E-state index contributed by atoms with van der Waals surface area (Å²) >= 11 is 0. The van der Waals surface area contributed by atoms with Gasteiger partial charge in [-0.2, -0.15) is 0 Å². The van der Waals surface area contributed by atoms with Gasteiger partial charge < -0.3 is 9.88 Å². The van der Waals surface area contributed by atoms with Crippen LogP contribution in [0.3, 0.4) is 0 Å². The number of benzene rings is 2. The maximum Gasteiger partial charge on any atom is 0.256 e. The van der Waals surface area contributed by atoms with Gasteiger partial charge in [0.05, 0.1) is 6.26 Å². The summed E-state index contributed by atoms with van der Waals surface area (Å²) < 4.78 is 25.7. The zero-order valence-electron chi connectivity index (χ0n) is 22.5. The lowest BCUT2D eigenvalue weighted by Crippen LogP contribution is -2.57. The van der Waals surface area contributed by atoms with E-state index in [1.807, 2.05) is 23.2 Å². The number of nitrogens with zero attached hydrogens (tertiary/aromatic N) is 4. The molecular weight excluding hydrogens is 526 g/mol. The molecule has 208 valence electrons. The number of aromatic amines is 1. The third-order valence-corrected chi connectivity index (χ3v) is 10.2. The molecule has 4 aliphatic rings. The Morgan fingerprint density at radius 1 is 1.00 bits per heavy atom. The lowest BCUT2D eigenvalue weighted by Gasteiger charge is -2.42. The number of H-pyrrole nitrogens is 1.